The Balaban J connectivity index is 1.74. The van der Waals surface area contributed by atoms with Gasteiger partial charge in [0.05, 0.1) is 7.11 Å². The number of rotatable bonds is 4. The van der Waals surface area contributed by atoms with Crippen LogP contribution in [0, 0.1) is 0 Å². The van der Waals surface area contributed by atoms with Gasteiger partial charge in [-0.2, -0.15) is 0 Å². The maximum atomic E-state index is 5.89. The van der Waals surface area contributed by atoms with Crippen molar-refractivity contribution in [3.8, 4) is 17.2 Å². The molecule has 0 spiro atoms. The minimum Gasteiger partial charge on any atom is -0.497 e. The summed E-state index contributed by atoms with van der Waals surface area (Å²) < 4.78 is 11.0. The van der Waals surface area contributed by atoms with Crippen molar-refractivity contribution in [3.05, 3.63) is 54.1 Å². The third kappa shape index (κ3) is 2.94. The molecule has 3 nitrogen and oxygen atoms in total. The minimum atomic E-state index is 0.467. The zero-order valence-corrected chi connectivity index (χ0v) is 11.6. The van der Waals surface area contributed by atoms with E-state index in [4.69, 9.17) is 9.47 Å². The molecule has 0 saturated carbocycles. The number of hydrogen-bond acceptors (Lipinski definition) is 3. The summed E-state index contributed by atoms with van der Waals surface area (Å²) in [4.78, 5) is 0. The predicted octanol–water partition coefficient (Wildman–Crippen LogP) is 3.91. The van der Waals surface area contributed by atoms with Crippen molar-refractivity contribution in [2.45, 2.75) is 18.9 Å². The highest BCUT2D eigenvalue weighted by Gasteiger charge is 2.16. The predicted molar refractivity (Wildman–Crippen MR) is 79.5 cm³/mol. The Morgan fingerprint density at radius 3 is 2.50 bits per heavy atom. The Morgan fingerprint density at radius 1 is 1.00 bits per heavy atom. The Labute approximate surface area is 119 Å². The van der Waals surface area contributed by atoms with Crippen molar-refractivity contribution >= 4 is 0 Å². The summed E-state index contributed by atoms with van der Waals surface area (Å²) in [6.07, 6.45) is 2.44. The minimum absolute atomic E-state index is 0.467. The summed E-state index contributed by atoms with van der Waals surface area (Å²) in [6.45, 7) is 1.11. The highest BCUT2D eigenvalue weighted by Crippen LogP contribution is 2.29. The van der Waals surface area contributed by atoms with E-state index in [0.717, 1.165) is 23.8 Å². The van der Waals surface area contributed by atoms with Gasteiger partial charge in [0, 0.05) is 6.04 Å². The van der Waals surface area contributed by atoms with Crippen LogP contribution < -0.4 is 14.8 Å². The molecule has 0 unspecified atom stereocenters. The summed E-state index contributed by atoms with van der Waals surface area (Å²) in [5, 5.41) is 3.51. The van der Waals surface area contributed by atoms with Gasteiger partial charge in [-0.15, -0.1) is 0 Å². The normalized spacial score (nSPS) is 17.9. The molecule has 3 rings (SSSR count). The first-order valence-corrected chi connectivity index (χ1v) is 7.00. The van der Waals surface area contributed by atoms with Crippen LogP contribution >= 0.6 is 0 Å². The van der Waals surface area contributed by atoms with Crippen LogP contribution in [0.1, 0.15) is 24.4 Å². The van der Waals surface area contributed by atoms with Crippen LogP contribution in [-0.4, -0.2) is 13.7 Å². The van der Waals surface area contributed by atoms with Gasteiger partial charge >= 0.3 is 0 Å². The van der Waals surface area contributed by atoms with Crippen molar-refractivity contribution in [1.29, 1.82) is 0 Å². The number of hydrogen-bond donors (Lipinski definition) is 1. The molecule has 1 aliphatic rings. The molecule has 3 heteroatoms. The first-order valence-electron chi connectivity index (χ1n) is 7.00. The third-order valence-corrected chi connectivity index (χ3v) is 3.62. The molecule has 0 amide bonds. The maximum absolute atomic E-state index is 5.89. The monoisotopic (exact) mass is 269 g/mol. The Morgan fingerprint density at radius 2 is 1.80 bits per heavy atom. The van der Waals surface area contributed by atoms with Gasteiger partial charge < -0.3 is 14.8 Å². The molecule has 2 aromatic rings. The van der Waals surface area contributed by atoms with E-state index in [1.807, 2.05) is 36.4 Å². The molecule has 0 bridgehead atoms. The van der Waals surface area contributed by atoms with Gasteiger partial charge in [-0.1, -0.05) is 12.1 Å². The Hall–Kier alpha value is -2.00. The smallest absolute Gasteiger partial charge is 0.127 e. The first kappa shape index (κ1) is 13.0. The van der Waals surface area contributed by atoms with E-state index in [1.54, 1.807) is 7.11 Å². The molecule has 104 valence electrons. The topological polar surface area (TPSA) is 30.5 Å². The highest BCUT2D eigenvalue weighted by molar-refractivity contribution is 5.37. The molecule has 1 heterocycles. The Bertz CT molecular complexity index is 559. The largest absolute Gasteiger partial charge is 0.497 e. The van der Waals surface area contributed by atoms with Gasteiger partial charge in [0.1, 0.15) is 17.2 Å². The molecular weight excluding hydrogens is 250 g/mol. The fraction of sp³-hybridized carbons (Fsp3) is 0.294. The Kier molecular flexibility index (Phi) is 3.88. The summed E-state index contributed by atoms with van der Waals surface area (Å²) in [6, 6.07) is 16.4. The number of nitrogens with one attached hydrogen (secondary N) is 1. The standard InChI is InChI=1S/C17H19NO2/c1-19-14-7-9-15(10-8-14)20-16-5-2-4-13(12-16)17-6-3-11-18-17/h2,4-5,7-10,12,17-18H,3,6,11H2,1H3/t17-/m0/s1. The summed E-state index contributed by atoms with van der Waals surface area (Å²) in [7, 11) is 1.66. The van der Waals surface area contributed by atoms with E-state index in [-0.39, 0.29) is 0 Å². The third-order valence-electron chi connectivity index (χ3n) is 3.62. The maximum Gasteiger partial charge on any atom is 0.127 e. The van der Waals surface area contributed by atoms with Crippen molar-refractivity contribution in [2.75, 3.05) is 13.7 Å². The van der Waals surface area contributed by atoms with E-state index in [0.29, 0.717) is 6.04 Å². The van der Waals surface area contributed by atoms with Crippen LogP contribution in [0.2, 0.25) is 0 Å². The lowest BCUT2D eigenvalue weighted by atomic mass is 10.1. The SMILES string of the molecule is COc1ccc(Oc2cccc([C@@H]3CCCN3)c2)cc1. The number of ether oxygens (including phenoxy) is 2. The fourth-order valence-electron chi connectivity index (χ4n) is 2.54. The highest BCUT2D eigenvalue weighted by atomic mass is 16.5. The molecule has 2 aromatic carbocycles. The second-order valence-electron chi connectivity index (χ2n) is 5.00. The molecule has 0 aliphatic carbocycles. The molecule has 1 fully saturated rings. The number of benzene rings is 2. The van der Waals surface area contributed by atoms with Crippen LogP contribution in [0.15, 0.2) is 48.5 Å². The van der Waals surface area contributed by atoms with Crippen LogP contribution in [0.3, 0.4) is 0 Å². The quantitative estimate of drug-likeness (QED) is 0.912. The zero-order valence-electron chi connectivity index (χ0n) is 11.6. The van der Waals surface area contributed by atoms with Crippen LogP contribution in [0.5, 0.6) is 17.2 Å². The van der Waals surface area contributed by atoms with Gasteiger partial charge in [-0.05, 0) is 61.3 Å². The molecule has 1 atom stereocenters. The molecule has 1 N–H and O–H groups in total. The lowest BCUT2D eigenvalue weighted by Crippen LogP contribution is -2.12. The van der Waals surface area contributed by atoms with Crippen LogP contribution in [0.4, 0.5) is 0 Å². The summed E-state index contributed by atoms with van der Waals surface area (Å²) in [5.41, 5.74) is 1.30. The van der Waals surface area contributed by atoms with E-state index in [1.165, 1.54) is 18.4 Å². The lowest BCUT2D eigenvalue weighted by molar-refractivity contribution is 0.413. The summed E-state index contributed by atoms with van der Waals surface area (Å²) >= 11 is 0. The van der Waals surface area contributed by atoms with Gasteiger partial charge in [0.15, 0.2) is 0 Å². The molecule has 20 heavy (non-hydrogen) atoms. The molecule has 0 aromatic heterocycles. The second-order valence-corrected chi connectivity index (χ2v) is 5.00. The van der Waals surface area contributed by atoms with Crippen molar-refractivity contribution in [2.24, 2.45) is 0 Å². The first-order chi connectivity index (χ1) is 9.85. The van der Waals surface area contributed by atoms with E-state index in [9.17, 15) is 0 Å². The van der Waals surface area contributed by atoms with Gasteiger partial charge in [-0.3, -0.25) is 0 Å². The molecule has 1 aliphatic heterocycles. The fourth-order valence-corrected chi connectivity index (χ4v) is 2.54. The summed E-state index contributed by atoms with van der Waals surface area (Å²) in [5.74, 6) is 2.53. The molecule has 0 radical (unpaired) electrons. The second kappa shape index (κ2) is 5.97. The van der Waals surface area contributed by atoms with E-state index >= 15 is 0 Å². The van der Waals surface area contributed by atoms with Crippen molar-refractivity contribution in [3.63, 3.8) is 0 Å². The van der Waals surface area contributed by atoms with Gasteiger partial charge in [0.2, 0.25) is 0 Å². The van der Waals surface area contributed by atoms with Crippen LogP contribution in [0.25, 0.3) is 0 Å². The number of methoxy groups -OCH3 is 1. The average Bonchev–Trinajstić information content (AvgIpc) is 3.03. The van der Waals surface area contributed by atoms with E-state index in [2.05, 4.69) is 17.4 Å². The average molecular weight is 269 g/mol. The van der Waals surface area contributed by atoms with Crippen molar-refractivity contribution in [1.82, 2.24) is 5.32 Å². The van der Waals surface area contributed by atoms with E-state index < -0.39 is 0 Å². The van der Waals surface area contributed by atoms with Gasteiger partial charge in [-0.25, -0.2) is 0 Å². The lowest BCUT2D eigenvalue weighted by Gasteiger charge is -2.13. The van der Waals surface area contributed by atoms with Crippen LogP contribution in [-0.2, 0) is 0 Å². The van der Waals surface area contributed by atoms with Gasteiger partial charge in [0.25, 0.3) is 0 Å². The molecular formula is C17H19NO2. The van der Waals surface area contributed by atoms with Crippen molar-refractivity contribution < 1.29 is 9.47 Å². The molecule has 1 saturated heterocycles. The zero-order chi connectivity index (χ0) is 13.8.